The number of fused-ring (bicyclic) bond motifs is 1. The standard InChI is InChI=1S/C31H36F3N5O4S.ClH/c1-4-37(12-6-5-10-30(40)43-2)28-18-25-9-7-8-24(25)17-26(28)21-38(29-11-13-39(36-29)44(3,41)42)20-23-14-22(19-35)15-27(16-23)31(32,33)34;/h11,13-18H,4-10,12,20-21H2,1-3H3;1H. The van der Waals surface area contributed by atoms with Crippen LogP contribution in [0.5, 0.6) is 0 Å². The molecular formula is C31H37ClF3N5O4S. The average Bonchev–Trinajstić information content (AvgIpc) is 3.66. The van der Waals surface area contributed by atoms with Crippen molar-refractivity contribution in [3.8, 4) is 6.07 Å². The molecule has 1 aliphatic carbocycles. The number of carbonyl (C=O) groups excluding carboxylic acids is 1. The van der Waals surface area contributed by atoms with E-state index in [0.717, 1.165) is 59.4 Å². The molecule has 0 atom stereocenters. The number of aromatic nitrogens is 2. The van der Waals surface area contributed by atoms with E-state index in [2.05, 4.69) is 22.1 Å². The van der Waals surface area contributed by atoms with Crippen molar-refractivity contribution < 1.29 is 31.1 Å². The number of hydrogen-bond donors (Lipinski definition) is 0. The third kappa shape index (κ3) is 9.14. The molecule has 2 aromatic carbocycles. The van der Waals surface area contributed by atoms with Crippen LogP contribution in [0, 0.1) is 11.3 Å². The highest BCUT2D eigenvalue weighted by atomic mass is 35.5. The molecule has 1 aliphatic rings. The molecule has 244 valence electrons. The molecule has 0 fully saturated rings. The molecule has 9 nitrogen and oxygen atoms in total. The van der Waals surface area contributed by atoms with Crippen molar-refractivity contribution >= 4 is 39.9 Å². The van der Waals surface area contributed by atoms with Gasteiger partial charge in [0.05, 0.1) is 30.6 Å². The van der Waals surface area contributed by atoms with Crippen molar-refractivity contribution in [3.63, 3.8) is 0 Å². The highest BCUT2D eigenvalue weighted by Crippen LogP contribution is 2.34. The number of nitriles is 1. The number of aryl methyl sites for hydroxylation is 2. The smallest absolute Gasteiger partial charge is 0.416 e. The van der Waals surface area contributed by atoms with E-state index in [0.29, 0.717) is 25.9 Å². The van der Waals surface area contributed by atoms with Gasteiger partial charge in [0.25, 0.3) is 10.0 Å². The minimum Gasteiger partial charge on any atom is -0.469 e. The molecule has 3 aromatic rings. The van der Waals surface area contributed by atoms with Gasteiger partial charge in [-0.1, -0.05) is 6.07 Å². The number of esters is 1. The van der Waals surface area contributed by atoms with Gasteiger partial charge in [-0.05, 0) is 85.5 Å². The molecule has 4 rings (SSSR count). The Balaban J connectivity index is 0.00000552. The van der Waals surface area contributed by atoms with Crippen molar-refractivity contribution in [3.05, 3.63) is 76.0 Å². The number of rotatable bonds is 13. The Bertz CT molecular complexity index is 1650. The zero-order valence-electron chi connectivity index (χ0n) is 25.4. The van der Waals surface area contributed by atoms with Gasteiger partial charge in [-0.3, -0.25) is 4.79 Å². The van der Waals surface area contributed by atoms with Gasteiger partial charge in [0.2, 0.25) is 0 Å². The second-order valence-corrected chi connectivity index (χ2v) is 12.7. The van der Waals surface area contributed by atoms with E-state index in [1.807, 2.05) is 13.0 Å². The molecule has 0 saturated heterocycles. The van der Waals surface area contributed by atoms with E-state index in [9.17, 15) is 31.6 Å². The molecule has 14 heteroatoms. The summed E-state index contributed by atoms with van der Waals surface area (Å²) in [5.74, 6) is 0.00325. The number of alkyl halides is 3. The first-order valence-corrected chi connectivity index (χ1v) is 16.3. The van der Waals surface area contributed by atoms with Crippen molar-refractivity contribution in [2.24, 2.45) is 0 Å². The summed E-state index contributed by atoms with van der Waals surface area (Å²) < 4.78 is 71.1. The molecule has 0 amide bonds. The van der Waals surface area contributed by atoms with E-state index in [4.69, 9.17) is 4.74 Å². The molecule has 0 spiro atoms. The summed E-state index contributed by atoms with van der Waals surface area (Å²) >= 11 is 0. The Morgan fingerprint density at radius 2 is 1.80 bits per heavy atom. The third-order valence-corrected chi connectivity index (χ3v) is 8.58. The maximum Gasteiger partial charge on any atom is 0.416 e. The van der Waals surface area contributed by atoms with E-state index >= 15 is 0 Å². The van der Waals surface area contributed by atoms with Crippen LogP contribution in [-0.2, 0) is 51.7 Å². The Labute approximate surface area is 268 Å². The van der Waals surface area contributed by atoms with Crippen LogP contribution in [0.3, 0.4) is 0 Å². The molecule has 0 radical (unpaired) electrons. The molecule has 0 bridgehead atoms. The zero-order chi connectivity index (χ0) is 32.1. The van der Waals surface area contributed by atoms with Crippen molar-refractivity contribution in [2.75, 3.05) is 36.3 Å². The normalized spacial score (nSPS) is 12.6. The fraction of sp³-hybridized carbons (Fsp3) is 0.452. The molecule has 0 aliphatic heterocycles. The fourth-order valence-corrected chi connectivity index (χ4v) is 6.03. The number of nitrogens with zero attached hydrogens (tertiary/aromatic N) is 5. The second-order valence-electron chi connectivity index (χ2n) is 10.9. The topological polar surface area (TPSA) is 109 Å². The maximum absolute atomic E-state index is 13.7. The monoisotopic (exact) mass is 667 g/mol. The number of halogens is 4. The molecule has 0 saturated carbocycles. The minimum absolute atomic E-state index is 0. The SMILES string of the molecule is CCN(CCCCC(=O)OC)c1cc2c(cc1CN(Cc1cc(C#N)cc(C(F)(F)F)c1)c1ccn(S(C)(=O)=O)n1)CCC2.Cl. The van der Waals surface area contributed by atoms with E-state index in [-0.39, 0.29) is 48.4 Å². The molecule has 45 heavy (non-hydrogen) atoms. The van der Waals surface area contributed by atoms with Gasteiger partial charge in [0.1, 0.15) is 0 Å². The Kier molecular flexibility index (Phi) is 11.9. The maximum atomic E-state index is 13.7. The van der Waals surface area contributed by atoms with Crippen LogP contribution < -0.4 is 9.80 Å². The molecular weight excluding hydrogens is 631 g/mol. The summed E-state index contributed by atoms with van der Waals surface area (Å²) in [4.78, 5) is 15.5. The van der Waals surface area contributed by atoms with Crippen LogP contribution in [0.1, 0.15) is 66.0 Å². The summed E-state index contributed by atoms with van der Waals surface area (Å²) in [6, 6.07) is 10.8. The molecule has 0 unspecified atom stereocenters. The Hall–Kier alpha value is -3.76. The second kappa shape index (κ2) is 15.0. The van der Waals surface area contributed by atoms with Crippen LogP contribution in [0.25, 0.3) is 0 Å². The predicted octanol–water partition coefficient (Wildman–Crippen LogP) is 5.87. The van der Waals surface area contributed by atoms with E-state index in [1.54, 1.807) is 4.90 Å². The summed E-state index contributed by atoms with van der Waals surface area (Å²) in [6.45, 7) is 3.57. The van der Waals surface area contributed by atoms with Gasteiger partial charge >= 0.3 is 12.1 Å². The Morgan fingerprint density at radius 3 is 2.40 bits per heavy atom. The van der Waals surface area contributed by atoms with Gasteiger partial charge in [-0.2, -0.15) is 22.5 Å². The summed E-state index contributed by atoms with van der Waals surface area (Å²) in [7, 11) is -2.34. The summed E-state index contributed by atoms with van der Waals surface area (Å²) in [5, 5.41) is 13.7. The number of unbranched alkanes of at least 4 members (excludes halogenated alkanes) is 1. The van der Waals surface area contributed by atoms with Gasteiger partial charge in [0.15, 0.2) is 5.82 Å². The number of hydrogen-bond acceptors (Lipinski definition) is 8. The average molecular weight is 668 g/mol. The number of benzene rings is 2. The number of ether oxygens (including phenoxy) is 1. The van der Waals surface area contributed by atoms with Gasteiger partial charge < -0.3 is 14.5 Å². The summed E-state index contributed by atoms with van der Waals surface area (Å²) in [5.41, 5.74) is 3.53. The highest BCUT2D eigenvalue weighted by molar-refractivity contribution is 7.89. The van der Waals surface area contributed by atoms with Crippen LogP contribution in [0.4, 0.5) is 24.7 Å². The lowest BCUT2D eigenvalue weighted by atomic mass is 10.0. The van der Waals surface area contributed by atoms with Crippen molar-refractivity contribution in [2.45, 2.75) is 64.7 Å². The van der Waals surface area contributed by atoms with Gasteiger partial charge in [0, 0.05) is 50.6 Å². The van der Waals surface area contributed by atoms with Gasteiger partial charge in [-0.25, -0.2) is 8.42 Å². The first-order valence-electron chi connectivity index (χ1n) is 14.4. The number of methoxy groups -OCH3 is 1. The fourth-order valence-electron chi connectivity index (χ4n) is 5.51. The van der Waals surface area contributed by atoms with Crippen LogP contribution in [-0.4, -0.2) is 50.0 Å². The predicted molar refractivity (Wildman–Crippen MR) is 168 cm³/mol. The first-order chi connectivity index (χ1) is 20.8. The van der Waals surface area contributed by atoms with Crippen LogP contribution in [0.15, 0.2) is 42.6 Å². The largest absolute Gasteiger partial charge is 0.469 e. The van der Waals surface area contributed by atoms with Crippen molar-refractivity contribution in [1.82, 2.24) is 9.19 Å². The third-order valence-electron chi connectivity index (χ3n) is 7.70. The van der Waals surface area contributed by atoms with Crippen molar-refractivity contribution in [1.29, 1.82) is 5.26 Å². The quantitative estimate of drug-likeness (QED) is 0.165. The van der Waals surface area contributed by atoms with E-state index in [1.165, 1.54) is 36.6 Å². The molecule has 1 aromatic heterocycles. The lowest BCUT2D eigenvalue weighted by molar-refractivity contribution is -0.140. The Morgan fingerprint density at radius 1 is 1.09 bits per heavy atom. The lowest BCUT2D eigenvalue weighted by Crippen LogP contribution is -2.29. The molecule has 1 heterocycles. The zero-order valence-corrected chi connectivity index (χ0v) is 27.1. The number of carbonyl (C=O) groups is 1. The van der Waals surface area contributed by atoms with Gasteiger partial charge in [-0.15, -0.1) is 17.5 Å². The summed E-state index contributed by atoms with van der Waals surface area (Å²) in [6.07, 6.45) is 2.29. The molecule has 0 N–H and O–H groups in total. The van der Waals surface area contributed by atoms with Crippen LogP contribution >= 0.6 is 12.4 Å². The van der Waals surface area contributed by atoms with Crippen LogP contribution in [0.2, 0.25) is 0 Å². The van der Waals surface area contributed by atoms with E-state index < -0.39 is 21.8 Å². The number of anilines is 2. The lowest BCUT2D eigenvalue weighted by Gasteiger charge is -2.30. The highest BCUT2D eigenvalue weighted by Gasteiger charge is 2.31. The minimum atomic E-state index is -4.65. The first kappa shape index (κ1) is 35.7.